The molecule has 0 unspecified atom stereocenters. The van der Waals surface area contributed by atoms with Gasteiger partial charge in [0.1, 0.15) is 0 Å². The van der Waals surface area contributed by atoms with Crippen LogP contribution in [0.15, 0.2) is 11.6 Å². The minimum atomic E-state index is -0.243. The molecule has 1 saturated carbocycles. The molecule has 0 aromatic carbocycles. The molecular weight excluding hydrogens is 124 g/mol. The molecule has 0 spiro atoms. The lowest BCUT2D eigenvalue weighted by molar-refractivity contribution is 0.242. The second-order valence-electron chi connectivity index (χ2n) is 3.13. The topological polar surface area (TPSA) is 20.2 Å². The average Bonchev–Trinajstić information content (AvgIpc) is 1.88. The molecule has 0 aromatic rings. The van der Waals surface area contributed by atoms with Gasteiger partial charge in [-0.2, -0.15) is 0 Å². The highest BCUT2D eigenvalue weighted by Crippen LogP contribution is 2.22. The van der Waals surface area contributed by atoms with Crippen LogP contribution >= 0.6 is 0 Å². The van der Waals surface area contributed by atoms with E-state index in [9.17, 15) is 0 Å². The number of rotatable bonds is 1. The van der Waals surface area contributed by atoms with Gasteiger partial charge in [-0.3, -0.25) is 0 Å². The zero-order valence-corrected chi connectivity index (χ0v) is 6.64. The lowest BCUT2D eigenvalue weighted by atomic mass is 9.94. The van der Waals surface area contributed by atoms with Gasteiger partial charge < -0.3 is 5.11 Å². The van der Waals surface area contributed by atoms with Crippen LogP contribution in [0.3, 0.4) is 0 Å². The summed E-state index contributed by atoms with van der Waals surface area (Å²) in [4.78, 5) is 0. The van der Waals surface area contributed by atoms with E-state index in [2.05, 4.69) is 0 Å². The second kappa shape index (κ2) is 3.77. The highest BCUT2D eigenvalue weighted by atomic mass is 16.3. The maximum Gasteiger partial charge on any atom is 0.0695 e. The van der Waals surface area contributed by atoms with Crippen LogP contribution in [0, 0.1) is 0 Å². The number of aliphatic hydroxyl groups excluding tert-OH is 1. The van der Waals surface area contributed by atoms with Gasteiger partial charge in [0, 0.05) is 0 Å². The summed E-state index contributed by atoms with van der Waals surface area (Å²) in [5, 5.41) is 9.03. The molecule has 10 heavy (non-hydrogen) atoms. The van der Waals surface area contributed by atoms with Crippen molar-refractivity contribution in [2.75, 3.05) is 0 Å². The van der Waals surface area contributed by atoms with Gasteiger partial charge in [0.25, 0.3) is 0 Å². The van der Waals surface area contributed by atoms with Crippen molar-refractivity contribution < 1.29 is 5.11 Å². The smallest absolute Gasteiger partial charge is 0.0695 e. The monoisotopic (exact) mass is 140 g/mol. The molecule has 0 saturated heterocycles. The van der Waals surface area contributed by atoms with Gasteiger partial charge in [-0.15, -0.1) is 0 Å². The first-order chi connectivity index (χ1) is 4.79. The quantitative estimate of drug-likeness (QED) is 0.554. The first-order valence-corrected chi connectivity index (χ1v) is 4.16. The largest absolute Gasteiger partial charge is 0.389 e. The number of aliphatic hydroxyl groups is 1. The molecule has 0 aliphatic heterocycles. The maximum atomic E-state index is 9.03. The van der Waals surface area contributed by atoms with E-state index in [1.165, 1.54) is 37.7 Å². The minimum Gasteiger partial charge on any atom is -0.389 e. The Morgan fingerprint density at radius 1 is 1.30 bits per heavy atom. The third kappa shape index (κ3) is 2.53. The van der Waals surface area contributed by atoms with Crippen molar-refractivity contribution in [3.63, 3.8) is 0 Å². The molecule has 0 radical (unpaired) electrons. The molecule has 1 N–H and O–H groups in total. The highest BCUT2D eigenvalue weighted by molar-refractivity contribution is 5.06. The molecule has 0 bridgehead atoms. The predicted molar refractivity (Wildman–Crippen MR) is 42.8 cm³/mol. The van der Waals surface area contributed by atoms with E-state index in [0.29, 0.717) is 0 Å². The first kappa shape index (κ1) is 7.80. The Morgan fingerprint density at radius 2 is 1.90 bits per heavy atom. The van der Waals surface area contributed by atoms with Gasteiger partial charge in [-0.05, 0) is 32.6 Å². The molecule has 1 heteroatoms. The Morgan fingerprint density at radius 3 is 2.40 bits per heavy atom. The van der Waals surface area contributed by atoms with Crippen LogP contribution in [-0.2, 0) is 0 Å². The molecule has 1 rings (SSSR count). The van der Waals surface area contributed by atoms with Crippen molar-refractivity contribution in [1.82, 2.24) is 0 Å². The van der Waals surface area contributed by atoms with Crippen LogP contribution in [0.5, 0.6) is 0 Å². The van der Waals surface area contributed by atoms with Crippen molar-refractivity contribution in [3.8, 4) is 0 Å². The van der Waals surface area contributed by atoms with Gasteiger partial charge in [-0.25, -0.2) is 0 Å². The first-order valence-electron chi connectivity index (χ1n) is 4.16. The van der Waals surface area contributed by atoms with Crippen molar-refractivity contribution in [2.24, 2.45) is 0 Å². The second-order valence-corrected chi connectivity index (χ2v) is 3.13. The van der Waals surface area contributed by atoms with Crippen LogP contribution in [0.2, 0.25) is 0 Å². The number of hydrogen-bond donors (Lipinski definition) is 1. The lowest BCUT2D eigenvalue weighted by Crippen LogP contribution is -2.00. The minimum absolute atomic E-state index is 0.243. The van der Waals surface area contributed by atoms with Crippen molar-refractivity contribution in [3.05, 3.63) is 11.6 Å². The number of hydrogen-bond acceptors (Lipinski definition) is 1. The summed E-state index contributed by atoms with van der Waals surface area (Å²) in [6, 6.07) is 0. The van der Waals surface area contributed by atoms with Gasteiger partial charge in [0.2, 0.25) is 0 Å². The Bertz CT molecular complexity index is 117. The Hall–Kier alpha value is -0.300. The summed E-state index contributed by atoms with van der Waals surface area (Å²) in [7, 11) is 0. The van der Waals surface area contributed by atoms with Gasteiger partial charge in [0.15, 0.2) is 0 Å². The van der Waals surface area contributed by atoms with Gasteiger partial charge >= 0.3 is 0 Å². The zero-order chi connectivity index (χ0) is 7.40. The van der Waals surface area contributed by atoms with Gasteiger partial charge in [0.05, 0.1) is 6.10 Å². The van der Waals surface area contributed by atoms with Crippen LogP contribution in [0.25, 0.3) is 0 Å². The molecule has 1 atom stereocenters. The summed E-state index contributed by atoms with van der Waals surface area (Å²) in [5.41, 5.74) is 1.46. The molecule has 1 nitrogen and oxygen atoms in total. The van der Waals surface area contributed by atoms with E-state index in [-0.39, 0.29) is 6.10 Å². The van der Waals surface area contributed by atoms with E-state index in [0.717, 1.165) is 0 Å². The summed E-state index contributed by atoms with van der Waals surface area (Å²) < 4.78 is 0. The predicted octanol–water partition coefficient (Wildman–Crippen LogP) is 2.26. The molecular formula is C9H16O. The standard InChI is InChI=1S/C9H16O/c1-8(10)7-9-5-3-2-4-6-9/h7-8,10H,2-6H2,1H3/t8-/m1/s1. The van der Waals surface area contributed by atoms with Gasteiger partial charge in [-0.1, -0.05) is 18.1 Å². The molecule has 0 aromatic heterocycles. The van der Waals surface area contributed by atoms with E-state index < -0.39 is 0 Å². The fraction of sp³-hybridized carbons (Fsp3) is 0.778. The number of allylic oxidation sites excluding steroid dienone is 1. The van der Waals surface area contributed by atoms with Crippen molar-refractivity contribution in [1.29, 1.82) is 0 Å². The third-order valence-electron chi connectivity index (χ3n) is 1.97. The van der Waals surface area contributed by atoms with E-state index in [1.54, 1.807) is 0 Å². The third-order valence-corrected chi connectivity index (χ3v) is 1.97. The maximum absolute atomic E-state index is 9.03. The Labute approximate surface area is 62.8 Å². The molecule has 1 aliphatic carbocycles. The Kier molecular flexibility index (Phi) is 2.94. The summed E-state index contributed by atoms with van der Waals surface area (Å²) in [6.45, 7) is 1.82. The summed E-state index contributed by atoms with van der Waals surface area (Å²) in [5.74, 6) is 0. The van der Waals surface area contributed by atoms with Crippen molar-refractivity contribution in [2.45, 2.75) is 45.1 Å². The van der Waals surface area contributed by atoms with E-state index >= 15 is 0 Å². The summed E-state index contributed by atoms with van der Waals surface area (Å²) >= 11 is 0. The lowest BCUT2D eigenvalue weighted by Gasteiger charge is -2.13. The highest BCUT2D eigenvalue weighted by Gasteiger charge is 2.05. The van der Waals surface area contributed by atoms with E-state index in [1.807, 2.05) is 13.0 Å². The Balaban J connectivity index is 2.37. The molecule has 58 valence electrons. The normalized spacial score (nSPS) is 22.4. The van der Waals surface area contributed by atoms with E-state index in [4.69, 9.17) is 5.11 Å². The molecule has 0 heterocycles. The average molecular weight is 140 g/mol. The molecule has 1 fully saturated rings. The van der Waals surface area contributed by atoms with Crippen LogP contribution in [0.1, 0.15) is 39.0 Å². The van der Waals surface area contributed by atoms with Crippen molar-refractivity contribution >= 4 is 0 Å². The van der Waals surface area contributed by atoms with Crippen LogP contribution in [-0.4, -0.2) is 11.2 Å². The van der Waals surface area contributed by atoms with Crippen LogP contribution < -0.4 is 0 Å². The molecule has 1 aliphatic rings. The zero-order valence-electron chi connectivity index (χ0n) is 6.64. The molecule has 0 amide bonds. The summed E-state index contributed by atoms with van der Waals surface area (Å²) in [6.07, 6.45) is 8.19. The van der Waals surface area contributed by atoms with Crippen LogP contribution in [0.4, 0.5) is 0 Å². The fourth-order valence-electron chi connectivity index (χ4n) is 1.51. The fourth-order valence-corrected chi connectivity index (χ4v) is 1.51. The SMILES string of the molecule is C[C@@H](O)C=C1CCCCC1.